The summed E-state index contributed by atoms with van der Waals surface area (Å²) in [5, 5.41) is 9.72. The third-order valence-electron chi connectivity index (χ3n) is 2.60. The van der Waals surface area contributed by atoms with Crippen molar-refractivity contribution in [2.45, 2.75) is 37.0 Å². The third kappa shape index (κ3) is 3.54. The van der Waals surface area contributed by atoms with Crippen LogP contribution < -0.4 is 0 Å². The van der Waals surface area contributed by atoms with Crippen molar-refractivity contribution in [2.75, 3.05) is 0 Å². The lowest BCUT2D eigenvalue weighted by molar-refractivity contribution is 0.0121. The molecule has 0 saturated carbocycles. The normalized spacial score (nSPS) is 22.9. The largest absolute Gasteiger partial charge is 0.389 e. The van der Waals surface area contributed by atoms with E-state index in [2.05, 4.69) is 6.58 Å². The van der Waals surface area contributed by atoms with Gasteiger partial charge in [0.05, 0.1) is 0 Å². The topological polar surface area (TPSA) is 20.2 Å². The van der Waals surface area contributed by atoms with E-state index in [1.54, 1.807) is 35.6 Å². The minimum atomic E-state index is -1.52. The highest BCUT2D eigenvalue weighted by atomic mass is 127. The van der Waals surface area contributed by atoms with Crippen molar-refractivity contribution in [1.29, 1.82) is 0 Å². The molecule has 0 spiro atoms. The Morgan fingerprint density at radius 1 is 1.62 bits per heavy atom. The molecule has 0 amide bonds. The van der Waals surface area contributed by atoms with Crippen LogP contribution in [0.25, 0.3) is 0 Å². The molecular weight excluding hydrogens is 282 g/mol. The number of hydrogen-bond acceptors (Lipinski definition) is 1. The van der Waals surface area contributed by atoms with Crippen molar-refractivity contribution in [3.63, 3.8) is 0 Å². The van der Waals surface area contributed by atoms with E-state index in [0.717, 1.165) is 0 Å². The van der Waals surface area contributed by atoms with E-state index in [9.17, 15) is 9.50 Å². The van der Waals surface area contributed by atoms with Gasteiger partial charge in [-0.05, 0) is 40.8 Å². The van der Waals surface area contributed by atoms with Crippen LogP contribution in [0.15, 0.2) is 12.7 Å². The van der Waals surface area contributed by atoms with Gasteiger partial charge in [0.15, 0.2) is 3.68 Å². The molecule has 0 aliphatic carbocycles. The average molecular weight is 300 g/mol. The van der Waals surface area contributed by atoms with Crippen LogP contribution in [0.5, 0.6) is 0 Å². The summed E-state index contributed by atoms with van der Waals surface area (Å²) in [6.07, 6.45) is 1.14. The van der Waals surface area contributed by atoms with Gasteiger partial charge in [0.25, 0.3) is 0 Å². The van der Waals surface area contributed by atoms with Gasteiger partial charge in [-0.3, -0.25) is 0 Å². The number of hydrogen-bond donors (Lipinski definition) is 1. The number of halogens is 2. The quantitative estimate of drug-likeness (QED) is 0.469. The Hall–Kier alpha value is 0.360. The van der Waals surface area contributed by atoms with Crippen LogP contribution in [0.4, 0.5) is 4.39 Å². The number of rotatable bonds is 5. The molecule has 0 saturated heterocycles. The number of allylic oxidation sites excluding steroid dienone is 1. The molecule has 78 valence electrons. The van der Waals surface area contributed by atoms with Gasteiger partial charge in [-0.15, -0.1) is 6.58 Å². The van der Waals surface area contributed by atoms with Crippen LogP contribution in [0.3, 0.4) is 0 Å². The van der Waals surface area contributed by atoms with Gasteiger partial charge in [-0.25, -0.2) is 4.39 Å². The van der Waals surface area contributed by atoms with Crippen molar-refractivity contribution in [2.24, 2.45) is 11.8 Å². The minimum absolute atomic E-state index is 0.0978. The first-order chi connectivity index (χ1) is 5.86. The van der Waals surface area contributed by atoms with Gasteiger partial charge < -0.3 is 5.11 Å². The molecule has 0 aliphatic heterocycles. The van der Waals surface area contributed by atoms with Crippen LogP contribution in [0.2, 0.25) is 0 Å². The molecule has 13 heavy (non-hydrogen) atoms. The van der Waals surface area contributed by atoms with E-state index >= 15 is 0 Å². The molecule has 3 heteroatoms. The van der Waals surface area contributed by atoms with E-state index in [-0.39, 0.29) is 11.8 Å². The zero-order valence-electron chi connectivity index (χ0n) is 8.43. The second-order valence-electron chi connectivity index (χ2n) is 3.51. The average Bonchev–Trinajstić information content (AvgIpc) is 2.14. The van der Waals surface area contributed by atoms with Gasteiger partial charge in [0.1, 0.15) is 6.10 Å². The summed E-state index contributed by atoms with van der Waals surface area (Å²) in [6.45, 7) is 9.15. The monoisotopic (exact) mass is 300 g/mol. The molecule has 1 unspecified atom stereocenters. The number of alkyl halides is 2. The molecule has 4 atom stereocenters. The SMILES string of the molecule is C=C[C@@H](C)[C@H](C)[C@@H](O)C(F)(I)CC. The summed E-state index contributed by atoms with van der Waals surface area (Å²) >= 11 is 1.68. The molecule has 0 rings (SSSR count). The number of aliphatic hydroxyl groups excluding tert-OH is 1. The Kier molecular flexibility index (Phi) is 5.44. The maximum atomic E-state index is 13.7. The molecule has 0 fully saturated rings. The van der Waals surface area contributed by atoms with E-state index < -0.39 is 9.78 Å². The zero-order chi connectivity index (χ0) is 10.6. The predicted octanol–water partition coefficient (Wildman–Crippen LogP) is 3.32. The standard InChI is InChI=1S/C10H18FIO/c1-5-7(3)8(4)9(13)10(11,12)6-2/h5,7-9,13H,1,6H2,2-4H3/t7-,8+,9-,10?/m1/s1. The van der Waals surface area contributed by atoms with Gasteiger partial charge >= 0.3 is 0 Å². The third-order valence-corrected chi connectivity index (χ3v) is 4.00. The van der Waals surface area contributed by atoms with Crippen LogP contribution >= 0.6 is 22.6 Å². The Morgan fingerprint density at radius 3 is 2.38 bits per heavy atom. The summed E-state index contributed by atoms with van der Waals surface area (Å²) in [6, 6.07) is 0. The molecule has 1 nitrogen and oxygen atoms in total. The fourth-order valence-corrected chi connectivity index (χ4v) is 1.66. The first-order valence-corrected chi connectivity index (χ1v) is 5.63. The van der Waals surface area contributed by atoms with Gasteiger partial charge in [0.2, 0.25) is 0 Å². The minimum Gasteiger partial charge on any atom is -0.389 e. The molecule has 0 radical (unpaired) electrons. The molecule has 0 aliphatic rings. The Morgan fingerprint density at radius 2 is 2.08 bits per heavy atom. The van der Waals surface area contributed by atoms with E-state index in [4.69, 9.17) is 0 Å². The second kappa shape index (κ2) is 5.29. The Bertz CT molecular complexity index is 170. The lowest BCUT2D eigenvalue weighted by Gasteiger charge is -2.30. The Balaban J connectivity index is 4.40. The maximum Gasteiger partial charge on any atom is 0.186 e. The molecule has 0 aromatic rings. The molecule has 0 aromatic carbocycles. The first kappa shape index (κ1) is 13.4. The smallest absolute Gasteiger partial charge is 0.186 e. The first-order valence-electron chi connectivity index (χ1n) is 4.55. The fourth-order valence-electron chi connectivity index (χ4n) is 1.10. The summed E-state index contributed by atoms with van der Waals surface area (Å²) in [5.41, 5.74) is 0. The van der Waals surface area contributed by atoms with E-state index in [1.165, 1.54) is 0 Å². The van der Waals surface area contributed by atoms with Crippen molar-refractivity contribution < 1.29 is 9.50 Å². The Labute approximate surface area is 93.6 Å². The van der Waals surface area contributed by atoms with Gasteiger partial charge in [-0.1, -0.05) is 26.8 Å². The van der Waals surface area contributed by atoms with Crippen molar-refractivity contribution in [1.82, 2.24) is 0 Å². The molecule has 0 bridgehead atoms. The van der Waals surface area contributed by atoms with Gasteiger partial charge in [-0.2, -0.15) is 0 Å². The fraction of sp³-hybridized carbons (Fsp3) is 0.800. The molecule has 0 heterocycles. The van der Waals surface area contributed by atoms with Crippen LogP contribution in [0, 0.1) is 11.8 Å². The zero-order valence-corrected chi connectivity index (χ0v) is 10.6. The maximum absolute atomic E-state index is 13.7. The summed E-state index contributed by atoms with van der Waals surface area (Å²) in [5.74, 6) is 0.0331. The van der Waals surface area contributed by atoms with E-state index in [1.807, 2.05) is 13.8 Å². The van der Waals surface area contributed by atoms with Crippen molar-refractivity contribution in [3.05, 3.63) is 12.7 Å². The second-order valence-corrected chi connectivity index (χ2v) is 5.31. The molecule has 1 N–H and O–H groups in total. The lowest BCUT2D eigenvalue weighted by atomic mass is 9.88. The highest BCUT2D eigenvalue weighted by molar-refractivity contribution is 14.1. The van der Waals surface area contributed by atoms with E-state index in [0.29, 0.717) is 6.42 Å². The number of aliphatic hydroxyl groups is 1. The van der Waals surface area contributed by atoms with Crippen LogP contribution in [-0.2, 0) is 0 Å². The highest BCUT2D eigenvalue weighted by Crippen LogP contribution is 2.35. The van der Waals surface area contributed by atoms with Gasteiger partial charge in [0, 0.05) is 0 Å². The molecular formula is C10H18FIO. The van der Waals surface area contributed by atoms with Crippen molar-refractivity contribution in [3.8, 4) is 0 Å². The predicted molar refractivity (Wildman–Crippen MR) is 62.7 cm³/mol. The van der Waals surface area contributed by atoms with Crippen LogP contribution in [0.1, 0.15) is 27.2 Å². The summed E-state index contributed by atoms with van der Waals surface area (Å²) < 4.78 is 12.1. The van der Waals surface area contributed by atoms with Crippen molar-refractivity contribution >= 4 is 22.6 Å². The highest BCUT2D eigenvalue weighted by Gasteiger charge is 2.37. The summed E-state index contributed by atoms with van der Waals surface area (Å²) in [4.78, 5) is 0. The summed E-state index contributed by atoms with van der Waals surface area (Å²) in [7, 11) is 0. The van der Waals surface area contributed by atoms with Crippen LogP contribution in [-0.4, -0.2) is 14.9 Å². The molecule has 0 aromatic heterocycles. The lowest BCUT2D eigenvalue weighted by Crippen LogP contribution is -2.38.